The van der Waals surface area contributed by atoms with E-state index in [0.717, 1.165) is 57.8 Å². The van der Waals surface area contributed by atoms with Crippen LogP contribution in [0.15, 0.2) is 60.8 Å². The maximum absolute atomic E-state index is 12.4. The minimum Gasteiger partial charge on any atom is -0.394 e. The molecule has 0 aliphatic rings. The fourth-order valence-corrected chi connectivity index (χ4v) is 6.13. The van der Waals surface area contributed by atoms with E-state index in [2.05, 4.69) is 67.8 Å². The van der Waals surface area contributed by atoms with Crippen LogP contribution in [0.5, 0.6) is 0 Å². The van der Waals surface area contributed by atoms with Crippen LogP contribution in [-0.2, 0) is 4.79 Å². The Morgan fingerprint density at radius 1 is 0.490 bits per heavy atom. The average molecular weight is 714 g/mol. The van der Waals surface area contributed by atoms with Gasteiger partial charge in [-0.05, 0) is 77.0 Å². The van der Waals surface area contributed by atoms with Crippen molar-refractivity contribution in [1.82, 2.24) is 5.32 Å². The van der Waals surface area contributed by atoms with Gasteiger partial charge in [0, 0.05) is 0 Å². The molecule has 0 aliphatic heterocycles. The quantitative estimate of drug-likeness (QED) is 0.0379. The summed E-state index contributed by atoms with van der Waals surface area (Å²) in [5, 5.41) is 33.0. The number of carbonyl (C=O) groups is 1. The van der Waals surface area contributed by atoms with Gasteiger partial charge in [0.2, 0.25) is 5.91 Å². The van der Waals surface area contributed by atoms with Gasteiger partial charge in [-0.25, -0.2) is 0 Å². The number of amides is 1. The van der Waals surface area contributed by atoms with E-state index in [1.54, 1.807) is 6.08 Å². The smallest absolute Gasteiger partial charge is 0.249 e. The SMILES string of the molecule is CCCCCCC/C=C/CC/C=C/CC/C=C/C(O)C(CO)NC(=O)C(O)CCCCCCCC/C=C\C/C=C\CCCCCCCCCCC. The minimum absolute atomic E-state index is 0.387. The summed E-state index contributed by atoms with van der Waals surface area (Å²) in [6, 6.07) is -0.827. The first-order valence-electron chi connectivity index (χ1n) is 21.6. The standard InChI is InChI=1S/C46H83NO4/c1-3-5-7-9-11-13-15-17-19-20-21-22-23-24-25-27-29-31-33-35-37-39-41-45(50)46(51)47-43(42-48)44(49)40-38-36-34-32-30-28-26-18-16-14-12-10-8-6-4-2/h16,18,21-22,24-25,30,32,38,40,43-45,48-50H,3-15,17,19-20,23,26-29,31,33-37,39,41-42H2,1-2H3,(H,47,51)/b18-16+,22-21-,25-24-,32-30+,40-38+. The predicted octanol–water partition coefficient (Wildman–Crippen LogP) is 12.3. The Labute approximate surface area is 316 Å². The Bertz CT molecular complexity index is 876. The molecule has 0 spiro atoms. The molecule has 4 N–H and O–H groups in total. The van der Waals surface area contributed by atoms with Crippen molar-refractivity contribution in [2.75, 3.05) is 6.61 Å². The molecule has 0 fully saturated rings. The average Bonchev–Trinajstić information content (AvgIpc) is 3.13. The highest BCUT2D eigenvalue weighted by Gasteiger charge is 2.22. The van der Waals surface area contributed by atoms with E-state index in [4.69, 9.17) is 0 Å². The molecule has 3 unspecified atom stereocenters. The van der Waals surface area contributed by atoms with Gasteiger partial charge in [0.15, 0.2) is 0 Å². The number of nitrogens with one attached hydrogen (secondary N) is 1. The maximum atomic E-state index is 12.4. The monoisotopic (exact) mass is 714 g/mol. The molecule has 1 amide bonds. The minimum atomic E-state index is -1.12. The lowest BCUT2D eigenvalue weighted by Gasteiger charge is -2.21. The molecule has 5 heteroatoms. The Hall–Kier alpha value is -1.95. The highest BCUT2D eigenvalue weighted by Crippen LogP contribution is 2.13. The first-order valence-corrected chi connectivity index (χ1v) is 21.6. The normalized spacial score (nSPS) is 14.2. The molecule has 5 nitrogen and oxygen atoms in total. The van der Waals surface area contributed by atoms with Gasteiger partial charge < -0.3 is 20.6 Å². The second kappa shape index (κ2) is 40.8. The van der Waals surface area contributed by atoms with Crippen molar-refractivity contribution in [2.24, 2.45) is 0 Å². The van der Waals surface area contributed by atoms with E-state index in [-0.39, 0.29) is 6.61 Å². The first-order chi connectivity index (χ1) is 25.1. The van der Waals surface area contributed by atoms with Gasteiger partial charge in [-0.2, -0.15) is 0 Å². The molecule has 0 saturated heterocycles. The maximum Gasteiger partial charge on any atom is 0.249 e. The number of aliphatic hydroxyl groups is 3. The van der Waals surface area contributed by atoms with Crippen LogP contribution in [0.4, 0.5) is 0 Å². The highest BCUT2D eigenvalue weighted by molar-refractivity contribution is 5.80. The van der Waals surface area contributed by atoms with E-state index in [9.17, 15) is 20.1 Å². The van der Waals surface area contributed by atoms with Crippen molar-refractivity contribution in [3.63, 3.8) is 0 Å². The van der Waals surface area contributed by atoms with Gasteiger partial charge in [-0.1, -0.05) is 184 Å². The van der Waals surface area contributed by atoms with E-state index < -0.39 is 24.2 Å². The third-order valence-corrected chi connectivity index (χ3v) is 9.56. The fraction of sp³-hybridized carbons (Fsp3) is 0.761. The Balaban J connectivity index is 3.77. The number of hydrogen-bond donors (Lipinski definition) is 4. The van der Waals surface area contributed by atoms with Crippen LogP contribution in [0.25, 0.3) is 0 Å². The zero-order chi connectivity index (χ0) is 37.3. The van der Waals surface area contributed by atoms with Gasteiger partial charge in [-0.3, -0.25) is 4.79 Å². The first kappa shape index (κ1) is 49.0. The summed E-state index contributed by atoms with van der Waals surface area (Å²) in [5.74, 6) is -0.528. The molecule has 0 aromatic heterocycles. The Kier molecular flexibility index (Phi) is 39.3. The molecular formula is C46H83NO4. The van der Waals surface area contributed by atoms with Crippen molar-refractivity contribution in [2.45, 2.75) is 218 Å². The number of hydrogen-bond acceptors (Lipinski definition) is 4. The second-order valence-corrected chi connectivity index (χ2v) is 14.5. The van der Waals surface area contributed by atoms with Crippen molar-refractivity contribution in [1.29, 1.82) is 0 Å². The molecule has 3 atom stereocenters. The lowest BCUT2D eigenvalue weighted by Crippen LogP contribution is -2.48. The van der Waals surface area contributed by atoms with Crippen LogP contribution in [0.2, 0.25) is 0 Å². The van der Waals surface area contributed by atoms with Gasteiger partial charge in [-0.15, -0.1) is 0 Å². The molecule has 0 heterocycles. The summed E-state index contributed by atoms with van der Waals surface area (Å²) in [5.41, 5.74) is 0. The number of aliphatic hydroxyl groups excluding tert-OH is 3. The third kappa shape index (κ3) is 36.2. The zero-order valence-electron chi connectivity index (χ0n) is 33.5. The number of carbonyl (C=O) groups excluding carboxylic acids is 1. The molecule has 0 bridgehead atoms. The van der Waals surface area contributed by atoms with Gasteiger partial charge in [0.05, 0.1) is 18.8 Å². The van der Waals surface area contributed by atoms with Crippen molar-refractivity contribution >= 4 is 5.91 Å². The summed E-state index contributed by atoms with van der Waals surface area (Å²) < 4.78 is 0. The molecule has 0 rings (SSSR count). The third-order valence-electron chi connectivity index (χ3n) is 9.56. The predicted molar refractivity (Wildman–Crippen MR) is 222 cm³/mol. The fourth-order valence-electron chi connectivity index (χ4n) is 6.13. The van der Waals surface area contributed by atoms with Crippen molar-refractivity contribution in [3.05, 3.63) is 60.8 Å². The molecule has 0 saturated carbocycles. The lowest BCUT2D eigenvalue weighted by molar-refractivity contribution is -0.131. The topological polar surface area (TPSA) is 89.8 Å². The van der Waals surface area contributed by atoms with Crippen molar-refractivity contribution < 1.29 is 20.1 Å². The molecule has 0 radical (unpaired) electrons. The van der Waals surface area contributed by atoms with Crippen LogP contribution < -0.4 is 5.32 Å². The van der Waals surface area contributed by atoms with Crippen LogP contribution in [0, 0.1) is 0 Å². The number of allylic oxidation sites excluding steroid dienone is 9. The molecule has 0 aromatic rings. The Morgan fingerprint density at radius 2 is 0.863 bits per heavy atom. The Morgan fingerprint density at radius 3 is 1.31 bits per heavy atom. The summed E-state index contributed by atoms with van der Waals surface area (Å²) in [6.07, 6.45) is 53.9. The second-order valence-electron chi connectivity index (χ2n) is 14.5. The van der Waals surface area contributed by atoms with Crippen LogP contribution in [0.3, 0.4) is 0 Å². The van der Waals surface area contributed by atoms with Gasteiger partial charge in [0.25, 0.3) is 0 Å². The van der Waals surface area contributed by atoms with E-state index >= 15 is 0 Å². The molecular weight excluding hydrogens is 631 g/mol. The molecule has 296 valence electrons. The summed E-state index contributed by atoms with van der Waals surface area (Å²) in [7, 11) is 0. The number of unbranched alkanes of at least 4 members (excludes halogenated alkanes) is 22. The van der Waals surface area contributed by atoms with Crippen LogP contribution >= 0.6 is 0 Å². The largest absolute Gasteiger partial charge is 0.394 e. The van der Waals surface area contributed by atoms with Crippen molar-refractivity contribution in [3.8, 4) is 0 Å². The van der Waals surface area contributed by atoms with Gasteiger partial charge >= 0.3 is 0 Å². The van der Waals surface area contributed by atoms with Crippen LogP contribution in [-0.4, -0.2) is 46.1 Å². The molecule has 51 heavy (non-hydrogen) atoms. The zero-order valence-corrected chi connectivity index (χ0v) is 33.5. The van der Waals surface area contributed by atoms with Crippen LogP contribution in [0.1, 0.15) is 200 Å². The van der Waals surface area contributed by atoms with E-state index in [0.29, 0.717) is 6.42 Å². The summed E-state index contributed by atoms with van der Waals surface area (Å²) in [6.45, 7) is 4.14. The summed E-state index contributed by atoms with van der Waals surface area (Å²) in [4.78, 5) is 12.4. The molecule has 0 aromatic carbocycles. The highest BCUT2D eigenvalue weighted by atomic mass is 16.3. The lowest BCUT2D eigenvalue weighted by atomic mass is 10.0. The number of rotatable bonds is 38. The molecule has 0 aliphatic carbocycles. The van der Waals surface area contributed by atoms with Gasteiger partial charge in [0.1, 0.15) is 6.10 Å². The summed E-state index contributed by atoms with van der Waals surface area (Å²) >= 11 is 0. The van der Waals surface area contributed by atoms with E-state index in [1.807, 2.05) is 6.08 Å². The van der Waals surface area contributed by atoms with E-state index in [1.165, 1.54) is 122 Å².